The highest BCUT2D eigenvalue weighted by molar-refractivity contribution is 5.49. The second-order valence-electron chi connectivity index (χ2n) is 4.73. The molecule has 2 atom stereocenters. The van der Waals surface area contributed by atoms with E-state index in [0.717, 1.165) is 19.0 Å². The summed E-state index contributed by atoms with van der Waals surface area (Å²) in [5.41, 5.74) is 2.99. The zero-order valence-corrected chi connectivity index (χ0v) is 9.47. The number of allylic oxidation sites excluding steroid dienone is 1. The molecule has 1 heterocycles. The van der Waals surface area contributed by atoms with Crippen molar-refractivity contribution >= 4 is 5.69 Å². The number of anilines is 1. The largest absolute Gasteiger partial charge is 0.367 e. The maximum Gasteiger partial charge on any atom is 0.0369 e. The van der Waals surface area contributed by atoms with Crippen LogP contribution in [0.2, 0.25) is 0 Å². The lowest BCUT2D eigenvalue weighted by Crippen LogP contribution is -2.43. The summed E-state index contributed by atoms with van der Waals surface area (Å²) >= 11 is 0. The van der Waals surface area contributed by atoms with Crippen LogP contribution in [0.25, 0.3) is 0 Å². The van der Waals surface area contributed by atoms with Gasteiger partial charge in [0.25, 0.3) is 0 Å². The van der Waals surface area contributed by atoms with Gasteiger partial charge in [-0.25, -0.2) is 0 Å². The van der Waals surface area contributed by atoms with E-state index < -0.39 is 0 Å². The topological polar surface area (TPSA) is 3.24 Å². The quantitative estimate of drug-likeness (QED) is 0.679. The highest BCUT2D eigenvalue weighted by Crippen LogP contribution is 2.43. The van der Waals surface area contributed by atoms with Crippen molar-refractivity contribution in [2.75, 3.05) is 18.0 Å². The molecule has 0 aromatic heterocycles. The van der Waals surface area contributed by atoms with Crippen molar-refractivity contribution in [2.24, 2.45) is 11.8 Å². The molecule has 1 aliphatic carbocycles. The van der Waals surface area contributed by atoms with Gasteiger partial charge in [-0.1, -0.05) is 35.9 Å². The lowest BCUT2D eigenvalue weighted by Gasteiger charge is -2.45. The molecule has 2 aliphatic rings. The van der Waals surface area contributed by atoms with Gasteiger partial charge < -0.3 is 4.90 Å². The average Bonchev–Trinajstić information content (AvgIpc) is 2.32. The summed E-state index contributed by atoms with van der Waals surface area (Å²) in [6.45, 7) is 6.15. The second kappa shape index (κ2) is 3.82. The number of fused-ring (bicyclic) bond motifs is 1. The van der Waals surface area contributed by atoms with Gasteiger partial charge in [0.05, 0.1) is 0 Å². The molecular formula is C15H17N. The van der Waals surface area contributed by atoms with Gasteiger partial charge in [0.15, 0.2) is 0 Å². The third-order valence-electron chi connectivity index (χ3n) is 3.88. The lowest BCUT2D eigenvalue weighted by atomic mass is 9.67. The Kier molecular flexibility index (Phi) is 2.32. The number of hydrogen-bond acceptors (Lipinski definition) is 1. The van der Waals surface area contributed by atoms with Gasteiger partial charge in [-0.05, 0) is 24.5 Å². The molecule has 0 bridgehead atoms. The molecule has 0 spiro atoms. The van der Waals surface area contributed by atoms with Gasteiger partial charge in [-0.3, -0.25) is 0 Å². The molecule has 1 fully saturated rings. The van der Waals surface area contributed by atoms with Gasteiger partial charge in [0.1, 0.15) is 0 Å². The van der Waals surface area contributed by atoms with Gasteiger partial charge >= 0.3 is 0 Å². The number of para-hydroxylation sites is 1. The summed E-state index contributed by atoms with van der Waals surface area (Å²) in [7, 11) is 0. The van der Waals surface area contributed by atoms with Crippen LogP contribution in [0.15, 0.2) is 54.6 Å². The molecular weight excluding hydrogens is 194 g/mol. The first-order valence-electron chi connectivity index (χ1n) is 6.00. The molecule has 0 radical (unpaired) electrons. The van der Waals surface area contributed by atoms with Crippen LogP contribution in [0.3, 0.4) is 0 Å². The Hall–Kier alpha value is -1.50. The van der Waals surface area contributed by atoms with E-state index in [4.69, 9.17) is 0 Å². The Morgan fingerprint density at radius 3 is 2.81 bits per heavy atom. The zero-order chi connectivity index (χ0) is 11.0. The van der Waals surface area contributed by atoms with E-state index in [1.54, 1.807) is 5.57 Å². The van der Waals surface area contributed by atoms with Crippen LogP contribution in [0.5, 0.6) is 0 Å². The molecule has 1 saturated carbocycles. The molecule has 1 nitrogen and oxygen atoms in total. The Labute approximate surface area is 97.1 Å². The summed E-state index contributed by atoms with van der Waals surface area (Å²) in [5, 5.41) is 0. The van der Waals surface area contributed by atoms with Crippen LogP contribution in [-0.2, 0) is 0 Å². The SMILES string of the molecule is C=C[C@@H]1CC2=CCN(c3ccccc3)C[C@H]21. The minimum atomic E-state index is 0.706. The summed E-state index contributed by atoms with van der Waals surface area (Å²) in [6.07, 6.45) is 5.77. The maximum absolute atomic E-state index is 3.93. The maximum atomic E-state index is 3.93. The minimum Gasteiger partial charge on any atom is -0.367 e. The lowest BCUT2D eigenvalue weighted by molar-refractivity contribution is 0.328. The van der Waals surface area contributed by atoms with Crippen molar-refractivity contribution in [3.8, 4) is 0 Å². The predicted octanol–water partition coefficient (Wildman–Crippen LogP) is 3.26. The number of hydrogen-bond donors (Lipinski definition) is 0. The fraction of sp³-hybridized carbons (Fsp3) is 0.333. The van der Waals surface area contributed by atoms with Crippen molar-refractivity contribution in [1.29, 1.82) is 0 Å². The Balaban J connectivity index is 1.79. The Bertz CT molecular complexity index is 418. The molecule has 3 rings (SSSR count). The van der Waals surface area contributed by atoms with Crippen molar-refractivity contribution in [2.45, 2.75) is 6.42 Å². The molecule has 1 aromatic rings. The molecule has 0 N–H and O–H groups in total. The van der Waals surface area contributed by atoms with Crippen LogP contribution in [0.1, 0.15) is 6.42 Å². The van der Waals surface area contributed by atoms with Crippen molar-refractivity contribution in [3.05, 3.63) is 54.6 Å². The minimum absolute atomic E-state index is 0.706. The molecule has 0 amide bonds. The zero-order valence-electron chi connectivity index (χ0n) is 9.47. The molecule has 1 aliphatic heterocycles. The summed E-state index contributed by atoms with van der Waals surface area (Å²) in [5.74, 6) is 1.43. The van der Waals surface area contributed by atoms with E-state index >= 15 is 0 Å². The van der Waals surface area contributed by atoms with Gasteiger partial charge in [0, 0.05) is 24.7 Å². The van der Waals surface area contributed by atoms with Gasteiger partial charge in [-0.2, -0.15) is 0 Å². The fourth-order valence-corrected chi connectivity index (χ4v) is 2.80. The van der Waals surface area contributed by atoms with E-state index in [1.807, 2.05) is 0 Å². The monoisotopic (exact) mass is 211 g/mol. The van der Waals surface area contributed by atoms with E-state index in [-0.39, 0.29) is 0 Å². The standard InChI is InChI=1S/C15H17N/c1-2-12-10-13-8-9-16(11-15(12)13)14-6-4-3-5-7-14/h2-8,12,15H,1,9-11H2/t12-,15+/m1/s1. The van der Waals surface area contributed by atoms with E-state index in [1.165, 1.54) is 12.1 Å². The van der Waals surface area contributed by atoms with Crippen LogP contribution in [0, 0.1) is 11.8 Å². The summed E-state index contributed by atoms with van der Waals surface area (Å²) in [6, 6.07) is 10.7. The van der Waals surface area contributed by atoms with Crippen LogP contribution in [-0.4, -0.2) is 13.1 Å². The first-order valence-corrected chi connectivity index (χ1v) is 6.00. The van der Waals surface area contributed by atoms with Crippen LogP contribution >= 0.6 is 0 Å². The van der Waals surface area contributed by atoms with Crippen molar-refractivity contribution in [3.63, 3.8) is 0 Å². The first kappa shape index (κ1) is 9.71. The smallest absolute Gasteiger partial charge is 0.0369 e. The fourth-order valence-electron chi connectivity index (χ4n) is 2.80. The van der Waals surface area contributed by atoms with Crippen molar-refractivity contribution in [1.82, 2.24) is 0 Å². The van der Waals surface area contributed by atoms with E-state index in [2.05, 4.69) is 54.0 Å². The third-order valence-corrected chi connectivity index (χ3v) is 3.88. The molecule has 1 heteroatoms. The number of rotatable bonds is 2. The summed E-state index contributed by atoms with van der Waals surface area (Å²) in [4.78, 5) is 2.46. The predicted molar refractivity (Wildman–Crippen MR) is 68.5 cm³/mol. The Morgan fingerprint density at radius 1 is 1.25 bits per heavy atom. The average molecular weight is 211 g/mol. The molecule has 0 unspecified atom stereocenters. The van der Waals surface area contributed by atoms with Crippen molar-refractivity contribution < 1.29 is 0 Å². The highest BCUT2D eigenvalue weighted by atomic mass is 15.1. The molecule has 82 valence electrons. The molecule has 16 heavy (non-hydrogen) atoms. The van der Waals surface area contributed by atoms with Crippen LogP contribution in [0.4, 0.5) is 5.69 Å². The number of nitrogens with zero attached hydrogens (tertiary/aromatic N) is 1. The normalized spacial score (nSPS) is 27.8. The van der Waals surface area contributed by atoms with Gasteiger partial charge in [-0.15, -0.1) is 6.58 Å². The highest BCUT2D eigenvalue weighted by Gasteiger charge is 2.36. The van der Waals surface area contributed by atoms with E-state index in [9.17, 15) is 0 Å². The third kappa shape index (κ3) is 1.47. The second-order valence-corrected chi connectivity index (χ2v) is 4.73. The summed E-state index contributed by atoms with van der Waals surface area (Å²) < 4.78 is 0. The Morgan fingerprint density at radius 2 is 2.06 bits per heavy atom. The molecule has 1 aromatic carbocycles. The number of benzene rings is 1. The van der Waals surface area contributed by atoms with Gasteiger partial charge in [0.2, 0.25) is 0 Å². The first-order chi connectivity index (χ1) is 7.88. The van der Waals surface area contributed by atoms with E-state index in [0.29, 0.717) is 5.92 Å². The molecule has 0 saturated heterocycles. The van der Waals surface area contributed by atoms with Crippen LogP contribution < -0.4 is 4.90 Å².